The predicted molar refractivity (Wildman–Crippen MR) is 161 cm³/mol. The van der Waals surface area contributed by atoms with Crippen molar-refractivity contribution in [3.05, 3.63) is 106 Å². The van der Waals surface area contributed by atoms with Gasteiger partial charge in [0.15, 0.2) is 0 Å². The van der Waals surface area contributed by atoms with Gasteiger partial charge in [-0.15, -0.1) is 0 Å². The van der Waals surface area contributed by atoms with Crippen molar-refractivity contribution in [3.63, 3.8) is 0 Å². The number of rotatable bonds is 9. The molecule has 1 aliphatic rings. The Bertz CT molecular complexity index is 1280. The molecule has 0 spiro atoms. The first-order valence-corrected chi connectivity index (χ1v) is 16.2. The molecule has 3 aromatic rings. The maximum atomic E-state index is 14.4. The molecule has 0 amide bonds. The molecule has 0 heterocycles. The van der Waals surface area contributed by atoms with Gasteiger partial charge in [0.2, 0.25) is 5.97 Å². The van der Waals surface area contributed by atoms with E-state index in [9.17, 15) is 4.39 Å². The third-order valence-corrected chi connectivity index (χ3v) is 8.16. The van der Waals surface area contributed by atoms with Crippen LogP contribution in [0.5, 0.6) is 0 Å². The van der Waals surface area contributed by atoms with Gasteiger partial charge in [0, 0.05) is 17.1 Å². The fourth-order valence-corrected chi connectivity index (χ4v) is 6.05. The van der Waals surface area contributed by atoms with Crippen LogP contribution in [0.4, 0.5) is 10.1 Å². The second kappa shape index (κ2) is 11.8. The lowest BCUT2D eigenvalue weighted by molar-refractivity contribution is 0.401. The SMILES string of the molecule is C=Cc1ccc(/C(=C(\c2ccc(CC)cc2Cl)C2CCC2)c2ccc(NPI)c(C(=N)F)c2)cc1. The highest BCUT2D eigenvalue weighted by Gasteiger charge is 2.29. The van der Waals surface area contributed by atoms with Crippen LogP contribution in [0.25, 0.3) is 17.2 Å². The van der Waals surface area contributed by atoms with E-state index in [4.69, 9.17) is 17.0 Å². The maximum absolute atomic E-state index is 14.4. The van der Waals surface area contributed by atoms with Crippen LogP contribution < -0.4 is 5.09 Å². The molecular weight excluding hydrogens is 589 g/mol. The van der Waals surface area contributed by atoms with Crippen LogP contribution in [0.15, 0.2) is 67.2 Å². The van der Waals surface area contributed by atoms with Crippen molar-refractivity contribution < 1.29 is 4.39 Å². The number of hydrogen-bond donors (Lipinski definition) is 2. The number of aryl methyl sites for hydroxylation is 1. The summed E-state index contributed by atoms with van der Waals surface area (Å²) < 4.78 is 14.4. The minimum Gasteiger partial charge on any atom is -0.358 e. The van der Waals surface area contributed by atoms with E-state index in [2.05, 4.69) is 71.0 Å². The topological polar surface area (TPSA) is 35.9 Å². The monoisotopic (exact) mass is 616 g/mol. The van der Waals surface area contributed by atoms with Gasteiger partial charge >= 0.3 is 0 Å². The summed E-state index contributed by atoms with van der Waals surface area (Å²) in [4.78, 5) is 0. The Hall–Kier alpha value is -2.01. The minimum absolute atomic E-state index is 0.271. The smallest absolute Gasteiger partial charge is 0.214 e. The van der Waals surface area contributed by atoms with Crippen molar-refractivity contribution >= 4 is 68.9 Å². The predicted octanol–water partition coefficient (Wildman–Crippen LogP) is 9.95. The van der Waals surface area contributed by atoms with Crippen LogP contribution >= 0.6 is 40.0 Å². The number of hydrogen-bond acceptors (Lipinski definition) is 2. The quantitative estimate of drug-likeness (QED) is 0.107. The van der Waals surface area contributed by atoms with Crippen molar-refractivity contribution in [2.45, 2.75) is 32.6 Å². The van der Waals surface area contributed by atoms with E-state index in [0.717, 1.165) is 52.1 Å². The molecule has 3 aromatic carbocycles. The van der Waals surface area contributed by atoms with Gasteiger partial charge in [0.25, 0.3) is 0 Å². The fraction of sp³-hybridized carbons (Fsp3) is 0.207. The van der Waals surface area contributed by atoms with Crippen molar-refractivity contribution in [3.8, 4) is 0 Å². The van der Waals surface area contributed by atoms with Crippen molar-refractivity contribution in [2.24, 2.45) is 5.92 Å². The van der Waals surface area contributed by atoms with Gasteiger partial charge in [-0.2, -0.15) is 4.39 Å². The van der Waals surface area contributed by atoms with E-state index < -0.39 is 5.97 Å². The van der Waals surface area contributed by atoms with Gasteiger partial charge in [0.05, 0.1) is 5.56 Å². The Labute approximate surface area is 226 Å². The normalized spacial score (nSPS) is 14.5. The number of nitrogens with one attached hydrogen (secondary N) is 2. The van der Waals surface area contributed by atoms with E-state index >= 15 is 0 Å². The highest BCUT2D eigenvalue weighted by molar-refractivity contribution is 14.2. The third-order valence-electron chi connectivity index (χ3n) is 6.68. The van der Waals surface area contributed by atoms with E-state index in [0.29, 0.717) is 18.0 Å². The molecule has 6 heteroatoms. The maximum Gasteiger partial charge on any atom is 0.214 e. The molecule has 1 saturated carbocycles. The van der Waals surface area contributed by atoms with E-state index in [1.54, 1.807) is 6.07 Å². The first-order chi connectivity index (χ1) is 17.0. The fourth-order valence-electron chi connectivity index (χ4n) is 4.56. The molecule has 35 heavy (non-hydrogen) atoms. The highest BCUT2D eigenvalue weighted by atomic mass is 127. The molecular formula is C29H28ClFIN2P. The van der Waals surface area contributed by atoms with Crippen LogP contribution in [0.1, 0.15) is 59.6 Å². The molecule has 4 rings (SSSR count). The van der Waals surface area contributed by atoms with E-state index in [1.165, 1.54) is 17.6 Å². The summed E-state index contributed by atoms with van der Waals surface area (Å²) in [6.07, 6.45) is 6.50. The largest absolute Gasteiger partial charge is 0.358 e. The zero-order valence-electron chi connectivity index (χ0n) is 19.6. The third kappa shape index (κ3) is 5.71. The molecule has 1 unspecified atom stereocenters. The van der Waals surface area contributed by atoms with Gasteiger partial charge in [-0.1, -0.05) is 80.1 Å². The Morgan fingerprint density at radius 1 is 1.11 bits per heavy atom. The number of benzene rings is 3. The zero-order chi connectivity index (χ0) is 24.9. The molecule has 0 bridgehead atoms. The molecule has 0 radical (unpaired) electrons. The van der Waals surface area contributed by atoms with Crippen LogP contribution in [0.2, 0.25) is 5.02 Å². The van der Waals surface area contributed by atoms with Crippen molar-refractivity contribution in [1.29, 1.82) is 5.41 Å². The first-order valence-electron chi connectivity index (χ1n) is 11.7. The molecule has 1 fully saturated rings. The van der Waals surface area contributed by atoms with Crippen LogP contribution in [0, 0.1) is 11.3 Å². The minimum atomic E-state index is -0.944. The van der Waals surface area contributed by atoms with Gasteiger partial charge in [0.1, 0.15) is 0 Å². The summed E-state index contributed by atoms with van der Waals surface area (Å²) in [7, 11) is 0. The van der Waals surface area contributed by atoms with Crippen LogP contribution in [0.3, 0.4) is 0 Å². The van der Waals surface area contributed by atoms with Crippen LogP contribution in [-0.4, -0.2) is 5.97 Å². The summed E-state index contributed by atoms with van der Waals surface area (Å²) in [6.45, 7) is 6.01. The number of allylic oxidation sites excluding steroid dienone is 1. The standard InChI is InChI=1S/C29H28ClFIN2P/c1-3-18-8-11-21(12-9-18)27(22-13-15-26(34-35-32)24(17-22)29(31)33)28(20-6-5-7-20)23-14-10-19(4-2)16-25(23)30/h3,8-17,20,33-35H,1,4-7H2,2H3/b28-27+,33-29?. The molecule has 0 aliphatic heterocycles. The second-order valence-corrected chi connectivity index (χ2v) is 11.2. The Kier molecular flexibility index (Phi) is 8.80. The second-order valence-electron chi connectivity index (χ2n) is 8.70. The zero-order valence-corrected chi connectivity index (χ0v) is 23.5. The van der Waals surface area contributed by atoms with Gasteiger partial charge < -0.3 is 5.09 Å². The summed E-state index contributed by atoms with van der Waals surface area (Å²) in [5.41, 5.74) is 8.34. The molecule has 0 saturated heterocycles. The molecule has 1 atom stereocenters. The Morgan fingerprint density at radius 3 is 2.37 bits per heavy atom. The Balaban J connectivity index is 2.03. The summed E-state index contributed by atoms with van der Waals surface area (Å²) in [5.74, 6) is -0.572. The van der Waals surface area contributed by atoms with Crippen molar-refractivity contribution in [2.75, 3.05) is 5.09 Å². The van der Waals surface area contributed by atoms with E-state index in [-0.39, 0.29) is 5.56 Å². The Morgan fingerprint density at radius 2 is 1.83 bits per heavy atom. The molecule has 0 aromatic heterocycles. The molecule has 1 aliphatic carbocycles. The van der Waals surface area contributed by atoms with Gasteiger partial charge in [-0.25, -0.2) is 0 Å². The van der Waals surface area contributed by atoms with E-state index in [1.807, 2.05) is 30.3 Å². The lowest BCUT2D eigenvalue weighted by atomic mass is 9.73. The van der Waals surface area contributed by atoms with Gasteiger partial charge in [-0.3, -0.25) is 5.41 Å². The molecule has 2 nitrogen and oxygen atoms in total. The summed E-state index contributed by atoms with van der Waals surface area (Å²) in [5, 5.41) is 11.7. The highest BCUT2D eigenvalue weighted by Crippen LogP contribution is 2.47. The first kappa shape index (κ1) is 26.1. The number of anilines is 1. The molecule has 2 N–H and O–H groups in total. The summed E-state index contributed by atoms with van der Waals surface area (Å²) in [6, 6.07) is 20.3. The average molecular weight is 617 g/mol. The lowest BCUT2D eigenvalue weighted by Gasteiger charge is -2.32. The average Bonchev–Trinajstić information content (AvgIpc) is 2.83. The summed E-state index contributed by atoms with van der Waals surface area (Å²) >= 11 is 9.10. The van der Waals surface area contributed by atoms with Gasteiger partial charge in [-0.05, 0) is 104 Å². The van der Waals surface area contributed by atoms with Crippen LogP contribution in [-0.2, 0) is 6.42 Å². The molecule has 180 valence electrons. The van der Waals surface area contributed by atoms with Crippen molar-refractivity contribution in [1.82, 2.24) is 0 Å². The lowest BCUT2D eigenvalue weighted by Crippen LogP contribution is -2.15. The number of halogens is 3.